The molecular weight excluding hydrogens is 404 g/mol. The number of ether oxygens (including phenoxy) is 3. The Kier molecular flexibility index (Phi) is 7.95. The van der Waals surface area contributed by atoms with Crippen LogP contribution in [0.15, 0.2) is 78.9 Å². The Labute approximate surface area is 179 Å². The van der Waals surface area contributed by atoms with Crippen molar-refractivity contribution in [2.45, 2.75) is 25.7 Å². The smallest absolute Gasteiger partial charge is 0.387 e. The van der Waals surface area contributed by atoms with Gasteiger partial charge in [0, 0.05) is 6.04 Å². The third-order valence-corrected chi connectivity index (χ3v) is 4.41. The molecule has 31 heavy (non-hydrogen) atoms. The summed E-state index contributed by atoms with van der Waals surface area (Å²) in [5, 5.41) is 0. The van der Waals surface area contributed by atoms with E-state index in [4.69, 9.17) is 15.2 Å². The maximum atomic E-state index is 12.9. The molecule has 0 fully saturated rings. The van der Waals surface area contributed by atoms with Crippen molar-refractivity contribution in [1.29, 1.82) is 0 Å². The van der Waals surface area contributed by atoms with Crippen molar-refractivity contribution in [1.82, 2.24) is 0 Å². The van der Waals surface area contributed by atoms with Gasteiger partial charge in [0.25, 0.3) is 0 Å². The number of carbonyl (C=O) groups excluding carboxylic acids is 1. The van der Waals surface area contributed by atoms with Crippen LogP contribution in [0.25, 0.3) is 0 Å². The highest BCUT2D eigenvalue weighted by atomic mass is 19.3. The van der Waals surface area contributed by atoms with E-state index in [1.807, 2.05) is 36.4 Å². The number of nitrogens with two attached hydrogens (primary N) is 1. The van der Waals surface area contributed by atoms with E-state index >= 15 is 0 Å². The van der Waals surface area contributed by atoms with Crippen LogP contribution < -0.4 is 15.2 Å². The molecule has 5 nitrogen and oxygen atoms in total. The molecule has 0 amide bonds. The average Bonchev–Trinajstić information content (AvgIpc) is 2.77. The summed E-state index contributed by atoms with van der Waals surface area (Å²) in [5.74, 6) is -1.08. The summed E-state index contributed by atoms with van der Waals surface area (Å²) < 4.78 is 41.3. The molecule has 0 aliphatic carbocycles. The molecule has 1 atom stereocenters. The molecule has 0 radical (unpaired) electrons. The van der Waals surface area contributed by atoms with Crippen LogP contribution in [0.1, 0.15) is 21.5 Å². The third-order valence-electron chi connectivity index (χ3n) is 4.41. The molecule has 0 bridgehead atoms. The molecule has 0 aromatic heterocycles. The van der Waals surface area contributed by atoms with Gasteiger partial charge in [0.2, 0.25) is 0 Å². The summed E-state index contributed by atoms with van der Waals surface area (Å²) >= 11 is 0. The minimum absolute atomic E-state index is 0.0182. The summed E-state index contributed by atoms with van der Waals surface area (Å²) in [6.45, 7) is -3.04. The number of esters is 1. The highest BCUT2D eigenvalue weighted by Crippen LogP contribution is 2.31. The Balaban J connectivity index is 1.73. The average molecular weight is 427 g/mol. The highest BCUT2D eigenvalue weighted by Gasteiger charge is 2.23. The fourth-order valence-corrected chi connectivity index (χ4v) is 2.99. The number of halogens is 2. The van der Waals surface area contributed by atoms with Crippen molar-refractivity contribution in [2.75, 3.05) is 6.61 Å². The van der Waals surface area contributed by atoms with Crippen molar-refractivity contribution < 1.29 is 27.8 Å². The van der Waals surface area contributed by atoms with Crippen LogP contribution in [0, 0.1) is 0 Å². The Morgan fingerprint density at radius 3 is 2.10 bits per heavy atom. The fourth-order valence-electron chi connectivity index (χ4n) is 2.99. The van der Waals surface area contributed by atoms with E-state index in [-0.39, 0.29) is 36.3 Å². The van der Waals surface area contributed by atoms with Crippen LogP contribution in [0.2, 0.25) is 0 Å². The van der Waals surface area contributed by atoms with Crippen LogP contribution in [-0.4, -0.2) is 25.2 Å². The standard InChI is InChI=1S/C24H23F2NO4/c25-24(26)31-21-13-7-12-20(29-16-19(27)14-17-8-3-1-4-9-17)22(21)23(28)30-15-18-10-5-2-6-11-18/h1-13,19,24H,14-16,27H2/t19-/m1/s1. The maximum absolute atomic E-state index is 12.9. The van der Waals surface area contributed by atoms with E-state index in [0.717, 1.165) is 11.1 Å². The van der Waals surface area contributed by atoms with E-state index in [9.17, 15) is 13.6 Å². The minimum Gasteiger partial charge on any atom is -0.491 e. The zero-order valence-corrected chi connectivity index (χ0v) is 16.7. The monoisotopic (exact) mass is 427 g/mol. The van der Waals surface area contributed by atoms with Gasteiger partial charge < -0.3 is 19.9 Å². The number of hydrogen-bond acceptors (Lipinski definition) is 5. The molecule has 0 aliphatic heterocycles. The van der Waals surface area contributed by atoms with E-state index in [1.165, 1.54) is 18.2 Å². The summed E-state index contributed by atoms with van der Waals surface area (Å²) in [5.41, 5.74) is 7.74. The fraction of sp³-hybridized carbons (Fsp3) is 0.208. The number of carbonyl (C=O) groups is 1. The molecule has 3 aromatic rings. The minimum atomic E-state index is -3.10. The van der Waals surface area contributed by atoms with Crippen molar-refractivity contribution in [2.24, 2.45) is 5.73 Å². The Bertz CT molecular complexity index is 968. The third kappa shape index (κ3) is 6.79. The van der Waals surface area contributed by atoms with Crippen molar-refractivity contribution in [3.05, 3.63) is 95.6 Å². The first-order valence-electron chi connectivity index (χ1n) is 9.74. The van der Waals surface area contributed by atoms with Crippen molar-refractivity contribution in [3.63, 3.8) is 0 Å². The predicted octanol–water partition coefficient (Wildman–Crippen LogP) is 4.59. The molecule has 162 valence electrons. The Hall–Kier alpha value is -3.45. The lowest BCUT2D eigenvalue weighted by molar-refractivity contribution is -0.0506. The van der Waals surface area contributed by atoms with Crippen molar-refractivity contribution in [3.8, 4) is 11.5 Å². The Morgan fingerprint density at radius 1 is 0.839 bits per heavy atom. The molecule has 3 aromatic carbocycles. The van der Waals surface area contributed by atoms with Gasteiger partial charge in [-0.05, 0) is 29.7 Å². The molecule has 0 heterocycles. The first-order chi connectivity index (χ1) is 15.0. The zero-order valence-electron chi connectivity index (χ0n) is 16.7. The van der Waals surface area contributed by atoms with Gasteiger partial charge in [-0.3, -0.25) is 0 Å². The van der Waals surface area contributed by atoms with Gasteiger partial charge in [-0.25, -0.2) is 4.79 Å². The normalized spacial score (nSPS) is 11.7. The predicted molar refractivity (Wildman–Crippen MR) is 112 cm³/mol. The van der Waals surface area contributed by atoms with E-state index in [0.29, 0.717) is 6.42 Å². The number of hydrogen-bond donors (Lipinski definition) is 1. The second-order valence-electron chi connectivity index (χ2n) is 6.83. The molecule has 0 spiro atoms. The zero-order chi connectivity index (χ0) is 22.1. The number of benzene rings is 3. The summed E-state index contributed by atoms with van der Waals surface area (Å²) in [6, 6.07) is 22.5. The lowest BCUT2D eigenvalue weighted by Gasteiger charge is -2.17. The second-order valence-corrected chi connectivity index (χ2v) is 6.83. The molecule has 0 aliphatic rings. The van der Waals surface area contributed by atoms with Gasteiger partial charge >= 0.3 is 12.6 Å². The van der Waals surface area contributed by atoms with Crippen LogP contribution in [0.5, 0.6) is 11.5 Å². The molecule has 0 saturated carbocycles. The first kappa shape index (κ1) is 22.2. The summed E-state index contributed by atoms with van der Waals surface area (Å²) in [6.07, 6.45) is 0.557. The summed E-state index contributed by atoms with van der Waals surface area (Å²) in [4.78, 5) is 12.7. The molecule has 3 rings (SSSR count). The van der Waals surface area contributed by atoms with Gasteiger partial charge in [-0.1, -0.05) is 66.7 Å². The molecule has 2 N–H and O–H groups in total. The highest BCUT2D eigenvalue weighted by molar-refractivity contribution is 5.95. The van der Waals surface area contributed by atoms with Crippen molar-refractivity contribution >= 4 is 5.97 Å². The van der Waals surface area contributed by atoms with Crippen LogP contribution >= 0.6 is 0 Å². The second kappa shape index (κ2) is 11.1. The van der Waals surface area contributed by atoms with Crippen LogP contribution in [-0.2, 0) is 17.8 Å². The number of alkyl halides is 2. The molecule has 0 saturated heterocycles. The number of rotatable bonds is 10. The van der Waals surface area contributed by atoms with Gasteiger partial charge in [-0.15, -0.1) is 0 Å². The van der Waals surface area contributed by atoms with E-state index < -0.39 is 12.6 Å². The lowest BCUT2D eigenvalue weighted by Crippen LogP contribution is -2.30. The van der Waals surface area contributed by atoms with Crippen LogP contribution in [0.4, 0.5) is 8.78 Å². The van der Waals surface area contributed by atoms with Gasteiger partial charge in [0.05, 0.1) is 0 Å². The van der Waals surface area contributed by atoms with Gasteiger partial charge in [0.1, 0.15) is 30.3 Å². The molecule has 0 unspecified atom stereocenters. The van der Waals surface area contributed by atoms with E-state index in [1.54, 1.807) is 24.3 Å². The topological polar surface area (TPSA) is 70.8 Å². The SMILES string of the molecule is N[C@@H](COc1cccc(OC(F)F)c1C(=O)OCc1ccccc1)Cc1ccccc1. The Morgan fingerprint density at radius 2 is 1.45 bits per heavy atom. The quantitative estimate of drug-likeness (QED) is 0.479. The van der Waals surface area contributed by atoms with Crippen LogP contribution in [0.3, 0.4) is 0 Å². The van der Waals surface area contributed by atoms with E-state index in [2.05, 4.69) is 4.74 Å². The molecular formula is C24H23F2NO4. The lowest BCUT2D eigenvalue weighted by atomic mass is 10.1. The summed E-state index contributed by atoms with van der Waals surface area (Å²) in [7, 11) is 0. The first-order valence-corrected chi connectivity index (χ1v) is 9.74. The maximum Gasteiger partial charge on any atom is 0.387 e. The van der Waals surface area contributed by atoms with Gasteiger partial charge in [0.15, 0.2) is 0 Å². The molecule has 7 heteroatoms. The largest absolute Gasteiger partial charge is 0.491 e. The van der Waals surface area contributed by atoms with Gasteiger partial charge in [-0.2, -0.15) is 8.78 Å².